The van der Waals surface area contributed by atoms with Gasteiger partial charge in [0, 0.05) is 19.1 Å². The van der Waals surface area contributed by atoms with Crippen LogP contribution in [0, 0.1) is 5.92 Å². The fourth-order valence-electron chi connectivity index (χ4n) is 4.27. The number of benzene rings is 2. The number of fused-ring (bicyclic) bond motifs is 1. The Labute approximate surface area is 145 Å². The van der Waals surface area contributed by atoms with Gasteiger partial charge in [-0.25, -0.2) is 0 Å². The van der Waals surface area contributed by atoms with Crippen molar-refractivity contribution in [1.29, 1.82) is 0 Å². The first-order valence-electron chi connectivity index (χ1n) is 8.71. The van der Waals surface area contributed by atoms with E-state index in [1.807, 2.05) is 18.2 Å². The van der Waals surface area contributed by atoms with Crippen LogP contribution >= 0.6 is 0 Å². The van der Waals surface area contributed by atoms with Gasteiger partial charge in [0.1, 0.15) is 0 Å². The Balaban J connectivity index is 1.61. The lowest BCUT2D eigenvalue weighted by Crippen LogP contribution is -2.34. The summed E-state index contributed by atoms with van der Waals surface area (Å²) in [4.78, 5) is 2.40. The minimum Gasteiger partial charge on any atom is -0.312 e. The molecule has 0 aromatic heterocycles. The lowest BCUT2D eigenvalue weighted by molar-refractivity contribution is -0.137. The third kappa shape index (κ3) is 3.31. The maximum Gasteiger partial charge on any atom is 0.416 e. The molecule has 2 fully saturated rings. The van der Waals surface area contributed by atoms with Gasteiger partial charge in [0.05, 0.1) is 11.6 Å². The van der Waals surface area contributed by atoms with Crippen LogP contribution in [0.1, 0.15) is 29.2 Å². The van der Waals surface area contributed by atoms with E-state index in [-0.39, 0.29) is 6.04 Å². The summed E-state index contributed by atoms with van der Waals surface area (Å²) in [5.74, 6) is 0.566. The molecule has 5 heteroatoms. The molecule has 2 nitrogen and oxygen atoms in total. The molecule has 0 radical (unpaired) electrons. The van der Waals surface area contributed by atoms with Crippen molar-refractivity contribution < 1.29 is 13.2 Å². The summed E-state index contributed by atoms with van der Waals surface area (Å²) < 4.78 is 38.6. The highest BCUT2D eigenvalue weighted by molar-refractivity contribution is 5.30. The lowest BCUT2D eigenvalue weighted by Gasteiger charge is -2.29. The molecule has 0 spiro atoms. The van der Waals surface area contributed by atoms with Crippen LogP contribution in [-0.2, 0) is 12.7 Å². The predicted molar refractivity (Wildman–Crippen MR) is 90.9 cm³/mol. The van der Waals surface area contributed by atoms with Gasteiger partial charge in [-0.15, -0.1) is 0 Å². The van der Waals surface area contributed by atoms with E-state index in [0.29, 0.717) is 12.0 Å². The molecule has 0 aliphatic carbocycles. The van der Waals surface area contributed by atoms with Gasteiger partial charge < -0.3 is 5.32 Å². The molecule has 1 N–H and O–H groups in total. The van der Waals surface area contributed by atoms with Crippen LogP contribution in [0.2, 0.25) is 0 Å². The van der Waals surface area contributed by atoms with E-state index in [9.17, 15) is 13.2 Å². The molecular weight excluding hydrogens is 325 g/mol. The molecule has 0 amide bonds. The maximum atomic E-state index is 12.9. The van der Waals surface area contributed by atoms with Crippen LogP contribution in [0.15, 0.2) is 54.6 Å². The molecule has 0 saturated carbocycles. The zero-order valence-electron chi connectivity index (χ0n) is 13.8. The standard InChI is InChI=1S/C20H21F3N2/c21-20(22,23)17-8-6-15(7-9-17)19-18-16(10-11-24-18)13-25(19)12-14-4-2-1-3-5-14/h1-9,16,18-19,24H,10-13H2. The highest BCUT2D eigenvalue weighted by Gasteiger charge is 2.44. The van der Waals surface area contributed by atoms with Crippen LogP contribution in [0.4, 0.5) is 13.2 Å². The Hall–Kier alpha value is -1.85. The van der Waals surface area contributed by atoms with Gasteiger partial charge in [0.2, 0.25) is 0 Å². The van der Waals surface area contributed by atoms with Crippen LogP contribution in [0.5, 0.6) is 0 Å². The number of alkyl halides is 3. The summed E-state index contributed by atoms with van der Waals surface area (Å²) in [6, 6.07) is 16.4. The summed E-state index contributed by atoms with van der Waals surface area (Å²) in [6.07, 6.45) is -3.15. The van der Waals surface area contributed by atoms with Crippen molar-refractivity contribution >= 4 is 0 Å². The van der Waals surface area contributed by atoms with Crippen molar-refractivity contribution in [3.63, 3.8) is 0 Å². The van der Waals surface area contributed by atoms with E-state index in [4.69, 9.17) is 0 Å². The van der Waals surface area contributed by atoms with E-state index in [2.05, 4.69) is 22.3 Å². The SMILES string of the molecule is FC(F)(F)c1ccc(C2C3NCCC3CN2Cc2ccccc2)cc1. The first-order chi connectivity index (χ1) is 12.0. The number of hydrogen-bond acceptors (Lipinski definition) is 2. The van der Waals surface area contributed by atoms with E-state index >= 15 is 0 Å². The lowest BCUT2D eigenvalue weighted by atomic mass is 9.94. The monoisotopic (exact) mass is 346 g/mol. The topological polar surface area (TPSA) is 15.3 Å². The summed E-state index contributed by atoms with van der Waals surface area (Å²) >= 11 is 0. The average molecular weight is 346 g/mol. The van der Waals surface area contributed by atoms with Crippen molar-refractivity contribution in [2.24, 2.45) is 5.92 Å². The van der Waals surface area contributed by atoms with Crippen LogP contribution in [-0.4, -0.2) is 24.0 Å². The van der Waals surface area contributed by atoms with E-state index in [1.54, 1.807) is 12.1 Å². The van der Waals surface area contributed by atoms with Gasteiger partial charge in [-0.05, 0) is 42.1 Å². The van der Waals surface area contributed by atoms with E-state index in [0.717, 1.165) is 31.6 Å². The Morgan fingerprint density at radius 3 is 2.40 bits per heavy atom. The van der Waals surface area contributed by atoms with Gasteiger partial charge in [-0.3, -0.25) is 4.90 Å². The fourth-order valence-corrected chi connectivity index (χ4v) is 4.27. The fraction of sp³-hybridized carbons (Fsp3) is 0.400. The molecule has 25 heavy (non-hydrogen) atoms. The second-order valence-electron chi connectivity index (χ2n) is 7.01. The number of hydrogen-bond donors (Lipinski definition) is 1. The largest absolute Gasteiger partial charge is 0.416 e. The van der Waals surface area contributed by atoms with Crippen molar-refractivity contribution in [1.82, 2.24) is 10.2 Å². The average Bonchev–Trinajstić information content (AvgIpc) is 3.16. The molecule has 2 aliphatic rings. The molecule has 2 aromatic carbocycles. The summed E-state index contributed by atoms with van der Waals surface area (Å²) in [5.41, 5.74) is 1.62. The molecule has 2 aliphatic heterocycles. The van der Waals surface area contributed by atoms with E-state index in [1.165, 1.54) is 17.7 Å². The van der Waals surface area contributed by atoms with Crippen molar-refractivity contribution in [3.8, 4) is 0 Å². The minimum absolute atomic E-state index is 0.120. The van der Waals surface area contributed by atoms with Gasteiger partial charge in [-0.1, -0.05) is 42.5 Å². The predicted octanol–water partition coefficient (Wildman–Crippen LogP) is 4.24. The maximum absolute atomic E-state index is 12.9. The molecule has 4 rings (SSSR count). The number of likely N-dealkylation sites (tertiary alicyclic amines) is 1. The molecular formula is C20H21F3N2. The Morgan fingerprint density at radius 1 is 1.00 bits per heavy atom. The van der Waals surface area contributed by atoms with Crippen molar-refractivity contribution in [3.05, 3.63) is 71.3 Å². The molecule has 0 bridgehead atoms. The number of rotatable bonds is 3. The molecule has 132 valence electrons. The Bertz CT molecular complexity index is 712. The van der Waals surface area contributed by atoms with Gasteiger partial charge in [0.25, 0.3) is 0 Å². The summed E-state index contributed by atoms with van der Waals surface area (Å²) in [7, 11) is 0. The highest BCUT2D eigenvalue weighted by Crippen LogP contribution is 2.41. The zero-order chi connectivity index (χ0) is 17.4. The Kier molecular flexibility index (Phi) is 4.29. The number of nitrogens with one attached hydrogen (secondary N) is 1. The van der Waals surface area contributed by atoms with E-state index < -0.39 is 11.7 Å². The minimum atomic E-state index is -4.29. The van der Waals surface area contributed by atoms with Gasteiger partial charge >= 0.3 is 6.18 Å². The second-order valence-corrected chi connectivity index (χ2v) is 7.01. The van der Waals surface area contributed by atoms with Crippen molar-refractivity contribution in [2.75, 3.05) is 13.1 Å². The molecule has 2 aromatic rings. The first kappa shape index (κ1) is 16.6. The van der Waals surface area contributed by atoms with Gasteiger partial charge in [0.15, 0.2) is 0 Å². The third-order valence-corrected chi connectivity index (χ3v) is 5.41. The Morgan fingerprint density at radius 2 is 1.72 bits per heavy atom. The summed E-state index contributed by atoms with van der Waals surface area (Å²) in [6.45, 7) is 2.80. The molecule has 3 unspecified atom stereocenters. The van der Waals surface area contributed by atoms with Gasteiger partial charge in [-0.2, -0.15) is 13.2 Å². The van der Waals surface area contributed by atoms with Crippen molar-refractivity contribution in [2.45, 2.75) is 31.2 Å². The van der Waals surface area contributed by atoms with Crippen LogP contribution in [0.3, 0.4) is 0 Å². The highest BCUT2D eigenvalue weighted by atomic mass is 19.4. The second kappa shape index (κ2) is 6.46. The third-order valence-electron chi connectivity index (χ3n) is 5.41. The quantitative estimate of drug-likeness (QED) is 0.894. The smallest absolute Gasteiger partial charge is 0.312 e. The normalized spacial score (nSPS) is 26.8. The summed E-state index contributed by atoms with van der Waals surface area (Å²) in [5, 5.41) is 3.56. The number of halogens is 3. The zero-order valence-corrected chi connectivity index (χ0v) is 13.8. The molecule has 3 atom stereocenters. The number of nitrogens with zero attached hydrogens (tertiary/aromatic N) is 1. The first-order valence-corrected chi connectivity index (χ1v) is 8.71. The van der Waals surface area contributed by atoms with Crippen LogP contribution in [0.25, 0.3) is 0 Å². The molecule has 2 saturated heterocycles. The van der Waals surface area contributed by atoms with Crippen LogP contribution < -0.4 is 5.32 Å². The molecule has 2 heterocycles.